The second-order valence-corrected chi connectivity index (χ2v) is 6.72. The monoisotopic (exact) mass is 419 g/mol. The van der Waals surface area contributed by atoms with Crippen LogP contribution >= 0.6 is 0 Å². The molecule has 0 saturated carbocycles. The van der Waals surface area contributed by atoms with Crippen molar-refractivity contribution in [1.82, 2.24) is 5.32 Å². The molecule has 6 nitrogen and oxygen atoms in total. The molecule has 3 aromatic carbocycles. The highest BCUT2D eigenvalue weighted by Crippen LogP contribution is 2.24. The molecule has 6 heteroatoms. The number of carbonyl (C=O) groups excluding carboxylic acids is 2. The Bertz CT molecular complexity index is 985. The first-order valence-corrected chi connectivity index (χ1v) is 9.99. The van der Waals surface area contributed by atoms with Crippen molar-refractivity contribution in [3.63, 3.8) is 0 Å². The van der Waals surface area contributed by atoms with E-state index >= 15 is 0 Å². The van der Waals surface area contributed by atoms with Crippen LogP contribution in [0.2, 0.25) is 0 Å². The van der Waals surface area contributed by atoms with Crippen molar-refractivity contribution < 1.29 is 23.8 Å². The maximum atomic E-state index is 12.6. The van der Waals surface area contributed by atoms with Crippen molar-refractivity contribution in [1.29, 1.82) is 0 Å². The van der Waals surface area contributed by atoms with E-state index in [4.69, 9.17) is 14.2 Å². The van der Waals surface area contributed by atoms with Crippen molar-refractivity contribution in [2.24, 2.45) is 0 Å². The zero-order valence-corrected chi connectivity index (χ0v) is 17.5. The molecule has 0 spiro atoms. The van der Waals surface area contributed by atoms with E-state index in [2.05, 4.69) is 5.32 Å². The number of nitrogens with one attached hydrogen (secondary N) is 1. The van der Waals surface area contributed by atoms with E-state index < -0.39 is 11.9 Å². The van der Waals surface area contributed by atoms with Crippen LogP contribution in [0, 0.1) is 0 Å². The summed E-state index contributed by atoms with van der Waals surface area (Å²) in [6.07, 6.45) is 0. The van der Waals surface area contributed by atoms with Gasteiger partial charge in [0.2, 0.25) is 0 Å². The maximum absolute atomic E-state index is 12.6. The number of benzene rings is 3. The van der Waals surface area contributed by atoms with Crippen LogP contribution in [0.1, 0.15) is 34.5 Å². The van der Waals surface area contributed by atoms with Crippen molar-refractivity contribution in [3.8, 4) is 11.5 Å². The minimum absolute atomic E-state index is 0.353. The van der Waals surface area contributed by atoms with Gasteiger partial charge in [0.25, 0.3) is 5.91 Å². The van der Waals surface area contributed by atoms with Gasteiger partial charge in [0.1, 0.15) is 11.5 Å². The highest BCUT2D eigenvalue weighted by molar-refractivity contribution is 5.91. The minimum Gasteiger partial charge on any atom is -0.497 e. The molecule has 0 saturated heterocycles. The predicted octanol–water partition coefficient (Wildman–Crippen LogP) is 4.16. The van der Waals surface area contributed by atoms with Crippen LogP contribution < -0.4 is 14.8 Å². The average molecular weight is 419 g/mol. The summed E-state index contributed by atoms with van der Waals surface area (Å²) < 4.78 is 15.8. The zero-order valence-electron chi connectivity index (χ0n) is 17.5. The fourth-order valence-electron chi connectivity index (χ4n) is 3.07. The Morgan fingerprint density at radius 1 is 0.839 bits per heavy atom. The van der Waals surface area contributed by atoms with Crippen LogP contribution in [0.4, 0.5) is 0 Å². The van der Waals surface area contributed by atoms with Gasteiger partial charge in [-0.3, -0.25) is 4.79 Å². The van der Waals surface area contributed by atoms with E-state index in [9.17, 15) is 9.59 Å². The first kappa shape index (κ1) is 21.9. The van der Waals surface area contributed by atoms with Crippen molar-refractivity contribution >= 4 is 11.9 Å². The predicted molar refractivity (Wildman–Crippen MR) is 117 cm³/mol. The van der Waals surface area contributed by atoms with Gasteiger partial charge in [-0.2, -0.15) is 0 Å². The molecule has 0 radical (unpaired) electrons. The standard InChI is InChI=1S/C25H25NO5/c1-3-30-22-15-11-20(12-16-22)25(28)31-17-23(27)26-24(18-7-5-4-6-8-18)19-9-13-21(29-2)14-10-19/h4-16,24H,3,17H2,1-2H3,(H,26,27)/t24-/m0/s1. The molecule has 0 aliphatic heterocycles. The Kier molecular flexibility index (Phi) is 7.65. The SMILES string of the molecule is CCOc1ccc(C(=O)OCC(=O)N[C@@H](c2ccccc2)c2ccc(OC)cc2)cc1. The largest absolute Gasteiger partial charge is 0.497 e. The second-order valence-electron chi connectivity index (χ2n) is 6.72. The summed E-state index contributed by atoms with van der Waals surface area (Å²) in [6.45, 7) is 2.04. The van der Waals surface area contributed by atoms with E-state index in [1.54, 1.807) is 31.4 Å². The second kappa shape index (κ2) is 10.8. The number of methoxy groups -OCH3 is 1. The molecule has 0 fully saturated rings. The summed E-state index contributed by atoms with van der Waals surface area (Å²) in [5.74, 6) is 0.427. The highest BCUT2D eigenvalue weighted by Gasteiger charge is 2.18. The summed E-state index contributed by atoms with van der Waals surface area (Å²) in [7, 11) is 1.60. The van der Waals surface area contributed by atoms with Crippen molar-refractivity contribution in [2.75, 3.05) is 20.3 Å². The van der Waals surface area contributed by atoms with Crippen LogP contribution in [0.5, 0.6) is 11.5 Å². The van der Waals surface area contributed by atoms with Gasteiger partial charge in [-0.15, -0.1) is 0 Å². The Hall–Kier alpha value is -3.80. The van der Waals surface area contributed by atoms with Gasteiger partial charge < -0.3 is 19.5 Å². The molecule has 0 aromatic heterocycles. The third kappa shape index (κ3) is 6.09. The first-order valence-electron chi connectivity index (χ1n) is 9.99. The third-order valence-electron chi connectivity index (χ3n) is 4.62. The third-order valence-corrected chi connectivity index (χ3v) is 4.62. The van der Waals surface area contributed by atoms with Gasteiger partial charge in [0, 0.05) is 0 Å². The first-order chi connectivity index (χ1) is 15.1. The van der Waals surface area contributed by atoms with Gasteiger partial charge in [-0.25, -0.2) is 4.79 Å². The lowest BCUT2D eigenvalue weighted by atomic mass is 9.98. The molecule has 1 amide bonds. The molecule has 0 aliphatic carbocycles. The van der Waals surface area contributed by atoms with Crippen LogP contribution in [0.15, 0.2) is 78.9 Å². The quantitative estimate of drug-likeness (QED) is 0.527. The van der Waals surface area contributed by atoms with E-state index in [0.717, 1.165) is 16.9 Å². The Labute approximate surface area is 181 Å². The fraction of sp³-hybridized carbons (Fsp3) is 0.200. The molecule has 0 bridgehead atoms. The number of hydrogen-bond donors (Lipinski definition) is 1. The topological polar surface area (TPSA) is 73.9 Å². The fourth-order valence-corrected chi connectivity index (χ4v) is 3.07. The number of carbonyl (C=O) groups is 2. The Balaban J connectivity index is 1.65. The molecule has 1 atom stereocenters. The van der Waals surface area contributed by atoms with E-state index in [1.807, 2.05) is 61.5 Å². The lowest BCUT2D eigenvalue weighted by Crippen LogP contribution is -2.33. The molecule has 3 aromatic rings. The molecule has 31 heavy (non-hydrogen) atoms. The highest BCUT2D eigenvalue weighted by atomic mass is 16.5. The summed E-state index contributed by atoms with van der Waals surface area (Å²) in [6, 6.07) is 23.3. The summed E-state index contributed by atoms with van der Waals surface area (Å²) in [5, 5.41) is 2.94. The van der Waals surface area contributed by atoms with Gasteiger partial charge in [0.15, 0.2) is 6.61 Å². The number of esters is 1. The zero-order chi connectivity index (χ0) is 22.1. The van der Waals surface area contributed by atoms with Gasteiger partial charge >= 0.3 is 5.97 Å². The van der Waals surface area contributed by atoms with Crippen LogP contribution in [-0.2, 0) is 9.53 Å². The molecule has 160 valence electrons. The van der Waals surface area contributed by atoms with E-state index in [-0.39, 0.29) is 12.6 Å². The normalized spacial score (nSPS) is 11.3. The molecule has 3 rings (SSSR count). The lowest BCUT2D eigenvalue weighted by molar-refractivity contribution is -0.124. The van der Waals surface area contributed by atoms with Crippen LogP contribution in [-0.4, -0.2) is 32.2 Å². The average Bonchev–Trinajstić information content (AvgIpc) is 2.82. The number of hydrogen-bond acceptors (Lipinski definition) is 5. The lowest BCUT2D eigenvalue weighted by Gasteiger charge is -2.20. The molecule has 0 heterocycles. The molecule has 0 aliphatic rings. The van der Waals surface area contributed by atoms with Crippen LogP contribution in [0.25, 0.3) is 0 Å². The Morgan fingerprint density at radius 2 is 1.45 bits per heavy atom. The van der Waals surface area contributed by atoms with Crippen LogP contribution in [0.3, 0.4) is 0 Å². The van der Waals surface area contributed by atoms with Gasteiger partial charge in [0.05, 0.1) is 25.3 Å². The van der Waals surface area contributed by atoms with Crippen molar-refractivity contribution in [2.45, 2.75) is 13.0 Å². The number of rotatable bonds is 9. The van der Waals surface area contributed by atoms with Gasteiger partial charge in [-0.1, -0.05) is 42.5 Å². The van der Waals surface area contributed by atoms with Crippen molar-refractivity contribution in [3.05, 3.63) is 95.6 Å². The number of ether oxygens (including phenoxy) is 3. The summed E-state index contributed by atoms with van der Waals surface area (Å²) >= 11 is 0. The number of amides is 1. The summed E-state index contributed by atoms with van der Waals surface area (Å²) in [4.78, 5) is 24.8. The summed E-state index contributed by atoms with van der Waals surface area (Å²) in [5.41, 5.74) is 2.16. The molecule has 0 unspecified atom stereocenters. The van der Waals surface area contributed by atoms with Gasteiger partial charge in [-0.05, 0) is 54.4 Å². The molecular formula is C25H25NO5. The molecular weight excluding hydrogens is 394 g/mol. The smallest absolute Gasteiger partial charge is 0.338 e. The minimum atomic E-state index is -0.570. The Morgan fingerprint density at radius 3 is 2.06 bits per heavy atom. The van der Waals surface area contributed by atoms with E-state index in [0.29, 0.717) is 17.9 Å². The molecule has 1 N–H and O–H groups in total. The maximum Gasteiger partial charge on any atom is 0.338 e. The van der Waals surface area contributed by atoms with E-state index in [1.165, 1.54) is 0 Å².